The van der Waals surface area contributed by atoms with Crippen molar-refractivity contribution in [3.05, 3.63) is 34.8 Å². The van der Waals surface area contributed by atoms with E-state index >= 15 is 0 Å². The minimum Gasteiger partial charge on any atom is -0.490 e. The topological polar surface area (TPSA) is 39.2 Å². The highest BCUT2D eigenvalue weighted by atomic mass is 16.5. The minimum atomic E-state index is -0.0611. The van der Waals surface area contributed by atoms with Crippen molar-refractivity contribution in [1.82, 2.24) is 4.98 Å². The number of hydrogen-bond donors (Lipinski definition) is 0. The molecule has 0 atom stereocenters. The lowest BCUT2D eigenvalue weighted by Crippen LogP contribution is -2.01. The summed E-state index contributed by atoms with van der Waals surface area (Å²) in [6.07, 6.45) is 1.76. The molecule has 0 aliphatic heterocycles. The van der Waals surface area contributed by atoms with Crippen LogP contribution in [0.15, 0.2) is 17.9 Å². The molecule has 0 radical (unpaired) electrons. The van der Waals surface area contributed by atoms with Crippen molar-refractivity contribution in [1.29, 1.82) is 0 Å². The Kier molecular flexibility index (Phi) is 4.23. The van der Waals surface area contributed by atoms with Crippen molar-refractivity contribution in [2.45, 2.75) is 27.7 Å². The highest BCUT2D eigenvalue weighted by Crippen LogP contribution is 2.11. The summed E-state index contributed by atoms with van der Waals surface area (Å²) in [7, 11) is 0. The average molecular weight is 219 g/mol. The Morgan fingerprint density at radius 1 is 1.38 bits per heavy atom. The van der Waals surface area contributed by atoms with Gasteiger partial charge in [0, 0.05) is 18.3 Å². The van der Waals surface area contributed by atoms with Crippen molar-refractivity contribution in [2.24, 2.45) is 0 Å². The molecule has 0 saturated heterocycles. The van der Waals surface area contributed by atoms with Gasteiger partial charge in [-0.1, -0.05) is 0 Å². The molecule has 1 aromatic rings. The largest absolute Gasteiger partial charge is 0.490 e. The fraction of sp³-hybridized carbons (Fsp3) is 0.385. The van der Waals surface area contributed by atoms with E-state index in [9.17, 15) is 4.79 Å². The lowest BCUT2D eigenvalue weighted by Gasteiger charge is -2.05. The van der Waals surface area contributed by atoms with Crippen molar-refractivity contribution in [2.75, 3.05) is 6.61 Å². The maximum absolute atomic E-state index is 11.3. The predicted molar refractivity (Wildman–Crippen MR) is 64.0 cm³/mol. The van der Waals surface area contributed by atoms with E-state index in [-0.39, 0.29) is 5.78 Å². The molecule has 0 spiro atoms. The molecule has 16 heavy (non-hydrogen) atoms. The lowest BCUT2D eigenvalue weighted by atomic mass is 10.1. The molecular formula is C13H17NO2. The molecule has 3 heteroatoms. The third-order valence-electron chi connectivity index (χ3n) is 2.05. The van der Waals surface area contributed by atoms with Crippen molar-refractivity contribution < 1.29 is 9.53 Å². The number of aromatic nitrogens is 1. The first kappa shape index (κ1) is 12.4. The molecule has 0 fully saturated rings. The minimum absolute atomic E-state index is 0.0611. The van der Waals surface area contributed by atoms with E-state index in [1.54, 1.807) is 6.08 Å². The molecule has 1 rings (SSSR count). The summed E-state index contributed by atoms with van der Waals surface area (Å²) >= 11 is 0. The molecule has 0 aromatic carbocycles. The molecule has 0 aliphatic carbocycles. The zero-order valence-electron chi connectivity index (χ0n) is 10.2. The van der Waals surface area contributed by atoms with Gasteiger partial charge in [-0.25, -0.2) is 0 Å². The second-order valence-electron chi connectivity index (χ2n) is 3.68. The Labute approximate surface area is 96.2 Å². The van der Waals surface area contributed by atoms with Crippen LogP contribution in [0.2, 0.25) is 0 Å². The number of hydrogen-bond acceptors (Lipinski definition) is 3. The van der Waals surface area contributed by atoms with E-state index in [0.717, 1.165) is 17.0 Å². The zero-order chi connectivity index (χ0) is 12.1. The molecule has 0 unspecified atom stereocenters. The number of allylic oxidation sites excluding steroid dienone is 1. The third-order valence-corrected chi connectivity index (χ3v) is 2.05. The second-order valence-corrected chi connectivity index (χ2v) is 3.68. The van der Waals surface area contributed by atoms with Gasteiger partial charge in [0.15, 0.2) is 11.5 Å². The molecular weight excluding hydrogens is 202 g/mol. The highest BCUT2D eigenvalue weighted by Gasteiger charge is 2.04. The summed E-state index contributed by atoms with van der Waals surface area (Å²) in [6, 6.07) is 3.85. The summed E-state index contributed by atoms with van der Waals surface area (Å²) in [4.78, 5) is 15.6. The van der Waals surface area contributed by atoms with Gasteiger partial charge < -0.3 is 4.74 Å². The van der Waals surface area contributed by atoms with Gasteiger partial charge in [-0.05, 0) is 44.5 Å². The first-order valence-corrected chi connectivity index (χ1v) is 5.33. The quantitative estimate of drug-likeness (QED) is 0.577. The number of pyridine rings is 1. The van der Waals surface area contributed by atoms with Crippen molar-refractivity contribution >= 4 is 11.9 Å². The monoisotopic (exact) mass is 219 g/mol. The number of aryl methyl sites for hydroxylation is 2. The van der Waals surface area contributed by atoms with Crippen LogP contribution in [0.4, 0.5) is 0 Å². The Morgan fingerprint density at radius 2 is 1.94 bits per heavy atom. The molecule has 3 nitrogen and oxygen atoms in total. The maximum atomic E-state index is 11.3. The number of ether oxygens (including phenoxy) is 1. The Bertz CT molecular complexity index is 402. The SMILES string of the molecule is CCOC(=Cc1cc(C)nc(C)c1)C(C)=O. The van der Waals surface area contributed by atoms with Crippen LogP contribution < -0.4 is 0 Å². The van der Waals surface area contributed by atoms with Crippen LogP contribution in [-0.2, 0) is 9.53 Å². The smallest absolute Gasteiger partial charge is 0.194 e. The Morgan fingerprint density at radius 3 is 2.38 bits per heavy atom. The van der Waals surface area contributed by atoms with Gasteiger partial charge in [0.25, 0.3) is 0 Å². The van der Waals surface area contributed by atoms with Crippen molar-refractivity contribution in [3.63, 3.8) is 0 Å². The van der Waals surface area contributed by atoms with Crippen LogP contribution >= 0.6 is 0 Å². The molecule has 86 valence electrons. The second kappa shape index (κ2) is 5.45. The lowest BCUT2D eigenvalue weighted by molar-refractivity contribution is -0.116. The fourth-order valence-electron chi connectivity index (χ4n) is 1.50. The number of ketones is 1. The van der Waals surface area contributed by atoms with Gasteiger partial charge in [0.2, 0.25) is 0 Å². The van der Waals surface area contributed by atoms with E-state index in [1.807, 2.05) is 32.9 Å². The molecule has 1 aromatic heterocycles. The maximum Gasteiger partial charge on any atom is 0.194 e. The number of nitrogens with zero attached hydrogens (tertiary/aromatic N) is 1. The number of carbonyl (C=O) groups is 1. The van der Waals surface area contributed by atoms with Crippen LogP contribution in [0, 0.1) is 13.8 Å². The van der Waals surface area contributed by atoms with Gasteiger partial charge in [0.1, 0.15) is 0 Å². The number of carbonyl (C=O) groups excluding carboxylic acids is 1. The van der Waals surface area contributed by atoms with E-state index in [0.29, 0.717) is 12.4 Å². The van der Waals surface area contributed by atoms with Gasteiger partial charge >= 0.3 is 0 Å². The van der Waals surface area contributed by atoms with Crippen LogP contribution in [-0.4, -0.2) is 17.4 Å². The first-order chi connectivity index (χ1) is 7.52. The van der Waals surface area contributed by atoms with Crippen molar-refractivity contribution in [3.8, 4) is 0 Å². The number of Topliss-reactive ketones (excluding diaryl/α,β-unsaturated/α-hetero) is 1. The van der Waals surface area contributed by atoms with Crippen LogP contribution in [0.1, 0.15) is 30.8 Å². The standard InChI is InChI=1S/C13H17NO2/c1-5-16-13(11(4)15)8-12-6-9(2)14-10(3)7-12/h6-8H,5H2,1-4H3. The average Bonchev–Trinajstić information content (AvgIpc) is 2.15. The molecule has 0 aliphatic rings. The van der Waals surface area contributed by atoms with Gasteiger partial charge in [-0.15, -0.1) is 0 Å². The van der Waals surface area contributed by atoms with Crippen LogP contribution in [0.3, 0.4) is 0 Å². The van der Waals surface area contributed by atoms with E-state index < -0.39 is 0 Å². The van der Waals surface area contributed by atoms with Crippen LogP contribution in [0.25, 0.3) is 6.08 Å². The number of rotatable bonds is 4. The van der Waals surface area contributed by atoms with E-state index in [1.165, 1.54) is 6.92 Å². The fourth-order valence-corrected chi connectivity index (χ4v) is 1.50. The molecule has 0 bridgehead atoms. The predicted octanol–water partition coefficient (Wildman–Crippen LogP) is 2.66. The molecule has 0 saturated carbocycles. The zero-order valence-corrected chi connectivity index (χ0v) is 10.2. The summed E-state index contributed by atoms with van der Waals surface area (Å²) in [6.45, 7) is 7.72. The summed E-state index contributed by atoms with van der Waals surface area (Å²) < 4.78 is 5.28. The highest BCUT2D eigenvalue weighted by molar-refractivity contribution is 5.95. The van der Waals surface area contributed by atoms with Crippen LogP contribution in [0.5, 0.6) is 0 Å². The Balaban J connectivity index is 3.07. The van der Waals surface area contributed by atoms with E-state index in [2.05, 4.69) is 4.98 Å². The first-order valence-electron chi connectivity index (χ1n) is 5.33. The van der Waals surface area contributed by atoms with E-state index in [4.69, 9.17) is 4.74 Å². The molecule has 0 amide bonds. The third kappa shape index (κ3) is 3.50. The Hall–Kier alpha value is -1.64. The molecule has 1 heterocycles. The van der Waals surface area contributed by atoms with Gasteiger partial charge in [-0.3, -0.25) is 9.78 Å². The normalized spacial score (nSPS) is 11.4. The van der Waals surface area contributed by atoms with Gasteiger partial charge in [0.05, 0.1) is 6.61 Å². The summed E-state index contributed by atoms with van der Waals surface area (Å²) in [5.74, 6) is 0.335. The van der Waals surface area contributed by atoms with Gasteiger partial charge in [-0.2, -0.15) is 0 Å². The summed E-state index contributed by atoms with van der Waals surface area (Å²) in [5, 5.41) is 0. The summed E-state index contributed by atoms with van der Waals surface area (Å²) in [5.41, 5.74) is 2.82. The molecule has 0 N–H and O–H groups in total.